The summed E-state index contributed by atoms with van der Waals surface area (Å²) in [7, 11) is 0. The van der Waals surface area contributed by atoms with Gasteiger partial charge in [-0.25, -0.2) is 14.3 Å². The molecular formula is C20H22N4O3S2. The van der Waals surface area contributed by atoms with Gasteiger partial charge >= 0.3 is 5.69 Å². The fraction of sp³-hybridized carbons (Fsp3) is 0.400. The number of hydrogen-bond acceptors (Lipinski definition) is 6. The smallest absolute Gasteiger partial charge is 0.337 e. The van der Waals surface area contributed by atoms with Gasteiger partial charge in [0.05, 0.1) is 5.69 Å². The van der Waals surface area contributed by atoms with Crippen molar-refractivity contribution in [2.24, 2.45) is 0 Å². The summed E-state index contributed by atoms with van der Waals surface area (Å²) in [6.07, 6.45) is 4.15. The van der Waals surface area contributed by atoms with Crippen LogP contribution in [0.25, 0.3) is 16.0 Å². The van der Waals surface area contributed by atoms with E-state index in [-0.39, 0.29) is 24.1 Å². The van der Waals surface area contributed by atoms with Crippen LogP contribution in [0.4, 0.5) is 0 Å². The molecule has 0 atom stereocenters. The van der Waals surface area contributed by atoms with Gasteiger partial charge in [-0.1, -0.05) is 49.7 Å². The molecule has 7 nitrogen and oxygen atoms in total. The average molecular weight is 431 g/mol. The van der Waals surface area contributed by atoms with Crippen LogP contribution in [-0.4, -0.2) is 31.8 Å². The van der Waals surface area contributed by atoms with E-state index in [9.17, 15) is 14.4 Å². The molecule has 1 saturated carbocycles. The Morgan fingerprint density at radius 1 is 1.24 bits per heavy atom. The third kappa shape index (κ3) is 4.02. The summed E-state index contributed by atoms with van der Waals surface area (Å²) < 4.78 is 3.56. The third-order valence-electron chi connectivity index (χ3n) is 4.97. The van der Waals surface area contributed by atoms with Crippen LogP contribution in [0.5, 0.6) is 0 Å². The molecule has 1 aliphatic carbocycles. The van der Waals surface area contributed by atoms with E-state index in [4.69, 9.17) is 0 Å². The van der Waals surface area contributed by atoms with Gasteiger partial charge in [-0.15, -0.1) is 11.3 Å². The fourth-order valence-corrected chi connectivity index (χ4v) is 5.60. The van der Waals surface area contributed by atoms with Crippen molar-refractivity contribution in [2.45, 2.75) is 49.5 Å². The number of para-hydroxylation sites is 1. The molecule has 1 amide bonds. The number of aromatic nitrogens is 3. The van der Waals surface area contributed by atoms with Gasteiger partial charge in [0.2, 0.25) is 5.91 Å². The van der Waals surface area contributed by atoms with Crippen molar-refractivity contribution in [3.8, 4) is 5.69 Å². The van der Waals surface area contributed by atoms with Crippen LogP contribution in [0.1, 0.15) is 32.6 Å². The lowest BCUT2D eigenvalue weighted by molar-refractivity contribution is -0.122. The van der Waals surface area contributed by atoms with Gasteiger partial charge < -0.3 is 5.32 Å². The van der Waals surface area contributed by atoms with Gasteiger partial charge in [-0.05, 0) is 30.7 Å². The molecule has 1 fully saturated rings. The van der Waals surface area contributed by atoms with Crippen LogP contribution in [-0.2, 0) is 11.3 Å². The summed E-state index contributed by atoms with van der Waals surface area (Å²) in [4.78, 5) is 43.5. The normalized spacial score (nSPS) is 14.5. The van der Waals surface area contributed by atoms with E-state index in [1.54, 1.807) is 24.3 Å². The predicted molar refractivity (Wildman–Crippen MR) is 116 cm³/mol. The first-order chi connectivity index (χ1) is 14.1. The van der Waals surface area contributed by atoms with Gasteiger partial charge in [0.25, 0.3) is 5.56 Å². The number of nitrogens with zero attached hydrogens (tertiary/aromatic N) is 3. The van der Waals surface area contributed by atoms with E-state index in [1.807, 2.05) is 13.0 Å². The first-order valence-corrected chi connectivity index (χ1v) is 11.5. The van der Waals surface area contributed by atoms with Crippen molar-refractivity contribution in [1.29, 1.82) is 0 Å². The molecule has 0 unspecified atom stereocenters. The zero-order valence-corrected chi connectivity index (χ0v) is 17.7. The number of rotatable bonds is 6. The van der Waals surface area contributed by atoms with E-state index in [2.05, 4.69) is 10.3 Å². The molecule has 0 saturated heterocycles. The van der Waals surface area contributed by atoms with Crippen LogP contribution in [0.3, 0.4) is 0 Å². The van der Waals surface area contributed by atoms with Crippen molar-refractivity contribution in [1.82, 2.24) is 19.4 Å². The Balaban J connectivity index is 1.83. The maximum atomic E-state index is 13.2. The summed E-state index contributed by atoms with van der Waals surface area (Å²) in [5.74, 6) is 0.579. The highest BCUT2D eigenvalue weighted by Crippen LogP contribution is 2.27. The van der Waals surface area contributed by atoms with Crippen LogP contribution in [0.2, 0.25) is 0 Å². The second kappa shape index (κ2) is 8.54. The Hall–Kier alpha value is -2.39. The largest absolute Gasteiger partial charge is 0.352 e. The van der Waals surface area contributed by atoms with Gasteiger partial charge in [0, 0.05) is 6.04 Å². The van der Waals surface area contributed by atoms with Crippen molar-refractivity contribution in [3.05, 3.63) is 51.2 Å². The minimum atomic E-state index is -0.548. The average Bonchev–Trinajstić information content (AvgIpc) is 3.36. The number of nitrogens with one attached hydrogen (secondary N) is 1. The first-order valence-electron chi connectivity index (χ1n) is 9.72. The van der Waals surface area contributed by atoms with Crippen molar-refractivity contribution >= 4 is 39.4 Å². The van der Waals surface area contributed by atoms with Gasteiger partial charge in [-0.2, -0.15) is 0 Å². The van der Waals surface area contributed by atoms with E-state index >= 15 is 0 Å². The molecule has 1 aliphatic rings. The molecule has 9 heteroatoms. The van der Waals surface area contributed by atoms with Crippen LogP contribution < -0.4 is 16.6 Å². The Morgan fingerprint density at radius 3 is 2.66 bits per heavy atom. The van der Waals surface area contributed by atoms with Gasteiger partial charge in [-0.3, -0.25) is 14.2 Å². The molecule has 4 rings (SSSR count). The summed E-state index contributed by atoms with van der Waals surface area (Å²) >= 11 is 2.78. The minimum absolute atomic E-state index is 0.154. The van der Waals surface area contributed by atoms with E-state index in [0.717, 1.165) is 40.3 Å². The van der Waals surface area contributed by atoms with Gasteiger partial charge in [0.15, 0.2) is 9.99 Å². The molecule has 152 valence electrons. The zero-order valence-electron chi connectivity index (χ0n) is 16.1. The van der Waals surface area contributed by atoms with Crippen LogP contribution >= 0.6 is 23.1 Å². The van der Waals surface area contributed by atoms with Crippen LogP contribution in [0.15, 0.2) is 44.3 Å². The number of thioether (sulfide) groups is 1. The lowest BCUT2D eigenvalue weighted by atomic mass is 10.2. The Morgan fingerprint density at radius 2 is 1.97 bits per heavy atom. The fourth-order valence-electron chi connectivity index (χ4n) is 3.63. The third-order valence-corrected chi connectivity index (χ3v) is 7.03. The summed E-state index contributed by atoms with van der Waals surface area (Å²) in [5.41, 5.74) is -0.181. The molecular weight excluding hydrogens is 408 g/mol. The molecule has 2 heterocycles. The lowest BCUT2D eigenvalue weighted by Crippen LogP contribution is -2.43. The molecule has 0 aliphatic heterocycles. The first kappa shape index (κ1) is 19.9. The number of hydrogen-bond donors (Lipinski definition) is 1. The van der Waals surface area contributed by atoms with Gasteiger partial charge in [0.1, 0.15) is 11.2 Å². The van der Waals surface area contributed by atoms with E-state index in [1.165, 1.54) is 27.7 Å². The van der Waals surface area contributed by atoms with Crippen LogP contribution in [0, 0.1) is 0 Å². The molecule has 2 aromatic heterocycles. The lowest BCUT2D eigenvalue weighted by Gasteiger charge is -2.14. The maximum absolute atomic E-state index is 13.2. The number of fused-ring (bicyclic) bond motifs is 1. The molecule has 0 bridgehead atoms. The quantitative estimate of drug-likeness (QED) is 0.608. The van der Waals surface area contributed by atoms with Crippen molar-refractivity contribution in [3.63, 3.8) is 0 Å². The second-order valence-electron chi connectivity index (χ2n) is 6.96. The summed E-state index contributed by atoms with van der Waals surface area (Å²) in [6.45, 7) is 1.85. The predicted octanol–water partition coefficient (Wildman–Crippen LogP) is 2.78. The standard InChI is InChI=1S/C20H22N4O3S2/c1-2-28-19-22-17-16(29-19)18(26)24(14-10-4-3-5-11-14)20(27)23(17)12-15(25)21-13-8-6-7-9-13/h3-5,10-11,13H,2,6-9,12H2,1H3,(H,21,25). The zero-order chi connectivity index (χ0) is 20.4. The molecule has 1 aromatic carbocycles. The molecule has 0 spiro atoms. The van der Waals surface area contributed by atoms with Crippen molar-refractivity contribution in [2.75, 3.05) is 5.75 Å². The Kier molecular flexibility index (Phi) is 5.86. The Bertz CT molecular complexity index is 1140. The summed E-state index contributed by atoms with van der Waals surface area (Å²) in [5, 5.41) is 3.01. The topological polar surface area (TPSA) is 86.0 Å². The van der Waals surface area contributed by atoms with E-state index < -0.39 is 11.2 Å². The number of carbonyl (C=O) groups is 1. The number of amides is 1. The molecule has 1 N–H and O–H groups in total. The molecule has 3 aromatic rings. The highest BCUT2D eigenvalue weighted by Gasteiger charge is 2.22. The molecule has 0 radical (unpaired) electrons. The number of thiazole rings is 1. The van der Waals surface area contributed by atoms with E-state index in [0.29, 0.717) is 10.4 Å². The summed E-state index contributed by atoms with van der Waals surface area (Å²) in [6, 6.07) is 8.95. The molecule has 29 heavy (non-hydrogen) atoms. The number of benzene rings is 1. The maximum Gasteiger partial charge on any atom is 0.337 e. The Labute approximate surface area is 175 Å². The van der Waals surface area contributed by atoms with Crippen molar-refractivity contribution < 1.29 is 4.79 Å². The number of carbonyl (C=O) groups excluding carboxylic acids is 1. The SMILES string of the molecule is CCSc1nc2c(s1)c(=O)n(-c1ccccc1)c(=O)n2CC(=O)NC1CCCC1. The monoisotopic (exact) mass is 430 g/mol. The highest BCUT2D eigenvalue weighted by molar-refractivity contribution is 8.01. The second-order valence-corrected chi connectivity index (χ2v) is 9.47. The minimum Gasteiger partial charge on any atom is -0.352 e. The highest BCUT2D eigenvalue weighted by atomic mass is 32.2.